The first-order chi connectivity index (χ1) is 8.94. The van der Waals surface area contributed by atoms with Gasteiger partial charge in [-0.1, -0.05) is 25.4 Å². The Morgan fingerprint density at radius 2 is 2.16 bits per heavy atom. The largest absolute Gasteiger partial charge is 0.496 e. The number of methoxy groups -OCH3 is 1. The van der Waals surface area contributed by atoms with Crippen molar-refractivity contribution in [2.45, 2.75) is 45.1 Å². The summed E-state index contributed by atoms with van der Waals surface area (Å²) >= 11 is 6.06. The zero-order valence-electron chi connectivity index (χ0n) is 11.9. The van der Waals surface area contributed by atoms with E-state index < -0.39 is 5.60 Å². The van der Waals surface area contributed by atoms with Crippen LogP contribution in [0.4, 0.5) is 0 Å². The molecule has 0 bridgehead atoms. The molecule has 1 N–H and O–H groups in total. The first kappa shape index (κ1) is 14.7. The van der Waals surface area contributed by atoms with E-state index in [2.05, 4.69) is 13.8 Å². The predicted octanol–water partition coefficient (Wildman–Crippen LogP) is 4.08. The van der Waals surface area contributed by atoms with Gasteiger partial charge in [0.1, 0.15) is 5.75 Å². The first-order valence-corrected chi connectivity index (χ1v) is 7.37. The van der Waals surface area contributed by atoms with Gasteiger partial charge in [-0.2, -0.15) is 0 Å². The quantitative estimate of drug-likeness (QED) is 0.905. The molecule has 1 aromatic rings. The van der Waals surface area contributed by atoms with Gasteiger partial charge in [-0.15, -0.1) is 0 Å². The van der Waals surface area contributed by atoms with E-state index in [0.717, 1.165) is 30.6 Å². The second-order valence-corrected chi connectivity index (χ2v) is 6.45. The van der Waals surface area contributed by atoms with E-state index in [1.165, 1.54) is 0 Å². The second-order valence-electron chi connectivity index (χ2n) is 6.02. The lowest BCUT2D eigenvalue weighted by molar-refractivity contribution is -0.0525. The predicted molar refractivity (Wildman–Crippen MR) is 78.8 cm³/mol. The third kappa shape index (κ3) is 3.24. The minimum atomic E-state index is -0.634. The van der Waals surface area contributed by atoms with Gasteiger partial charge >= 0.3 is 0 Å². The van der Waals surface area contributed by atoms with E-state index in [1.807, 2.05) is 18.2 Å². The molecule has 0 amide bonds. The van der Waals surface area contributed by atoms with Crippen molar-refractivity contribution in [2.75, 3.05) is 7.11 Å². The lowest BCUT2D eigenvalue weighted by Crippen LogP contribution is -2.43. The van der Waals surface area contributed by atoms with E-state index in [1.54, 1.807) is 7.11 Å². The highest BCUT2D eigenvalue weighted by molar-refractivity contribution is 6.30. The Hall–Kier alpha value is -0.730. The van der Waals surface area contributed by atoms with E-state index in [-0.39, 0.29) is 0 Å². The molecular formula is C16H23ClO2. The molecule has 3 atom stereocenters. The molecule has 1 aliphatic carbocycles. The molecule has 0 saturated heterocycles. The molecule has 1 fully saturated rings. The zero-order chi connectivity index (χ0) is 14.0. The Balaban J connectivity index is 2.22. The highest BCUT2D eigenvalue weighted by Crippen LogP contribution is 2.40. The maximum absolute atomic E-state index is 10.9. The average Bonchev–Trinajstić information content (AvgIpc) is 2.35. The van der Waals surface area contributed by atoms with Crippen molar-refractivity contribution >= 4 is 11.6 Å². The Labute approximate surface area is 120 Å². The summed E-state index contributed by atoms with van der Waals surface area (Å²) in [5, 5.41) is 11.6. The number of hydrogen-bond donors (Lipinski definition) is 1. The summed E-state index contributed by atoms with van der Waals surface area (Å²) in [5.74, 6) is 1.82. The molecular weight excluding hydrogens is 260 g/mol. The third-order valence-corrected chi connectivity index (χ3v) is 4.72. The van der Waals surface area contributed by atoms with Crippen LogP contribution in [0.15, 0.2) is 18.2 Å². The van der Waals surface area contributed by atoms with Gasteiger partial charge in [0.2, 0.25) is 0 Å². The van der Waals surface area contributed by atoms with E-state index in [9.17, 15) is 5.11 Å². The van der Waals surface area contributed by atoms with Gasteiger partial charge in [-0.05, 0) is 54.9 Å². The summed E-state index contributed by atoms with van der Waals surface area (Å²) in [6.07, 6.45) is 3.64. The Bertz CT molecular complexity index is 446. The van der Waals surface area contributed by atoms with Crippen molar-refractivity contribution in [2.24, 2.45) is 11.8 Å². The van der Waals surface area contributed by atoms with Gasteiger partial charge < -0.3 is 9.84 Å². The number of aliphatic hydroxyl groups is 1. The van der Waals surface area contributed by atoms with Crippen molar-refractivity contribution in [3.8, 4) is 5.75 Å². The van der Waals surface area contributed by atoms with Crippen molar-refractivity contribution in [1.82, 2.24) is 0 Å². The SMILES string of the molecule is COc1ccc(Cl)cc1CC1(O)CCC(C)CC1C. The highest BCUT2D eigenvalue weighted by atomic mass is 35.5. The fourth-order valence-electron chi connectivity index (χ4n) is 3.16. The number of ether oxygens (including phenoxy) is 1. The van der Waals surface area contributed by atoms with Gasteiger partial charge in [0.05, 0.1) is 12.7 Å². The first-order valence-electron chi connectivity index (χ1n) is 6.99. The molecule has 3 unspecified atom stereocenters. The fourth-order valence-corrected chi connectivity index (χ4v) is 3.36. The fraction of sp³-hybridized carbons (Fsp3) is 0.625. The van der Waals surface area contributed by atoms with Crippen LogP contribution >= 0.6 is 11.6 Å². The molecule has 1 saturated carbocycles. The third-order valence-electron chi connectivity index (χ3n) is 4.48. The van der Waals surface area contributed by atoms with E-state index in [0.29, 0.717) is 23.3 Å². The van der Waals surface area contributed by atoms with Crippen LogP contribution in [0.25, 0.3) is 0 Å². The number of hydrogen-bond acceptors (Lipinski definition) is 2. The average molecular weight is 283 g/mol. The molecule has 0 heterocycles. The molecule has 106 valence electrons. The Morgan fingerprint density at radius 1 is 1.42 bits per heavy atom. The summed E-state index contributed by atoms with van der Waals surface area (Å²) < 4.78 is 5.37. The molecule has 0 radical (unpaired) electrons. The van der Waals surface area contributed by atoms with Crippen LogP contribution in [0, 0.1) is 11.8 Å². The Morgan fingerprint density at radius 3 is 2.79 bits per heavy atom. The van der Waals surface area contributed by atoms with Gasteiger partial charge in [0.25, 0.3) is 0 Å². The van der Waals surface area contributed by atoms with Crippen molar-refractivity contribution < 1.29 is 9.84 Å². The molecule has 1 aliphatic rings. The number of halogens is 1. The van der Waals surface area contributed by atoms with Gasteiger partial charge in [0, 0.05) is 11.4 Å². The molecule has 2 rings (SSSR count). The standard InChI is InChI=1S/C16H23ClO2/c1-11-6-7-16(18,12(2)8-11)10-13-9-14(17)4-5-15(13)19-3/h4-5,9,11-12,18H,6-8,10H2,1-3H3. The summed E-state index contributed by atoms with van der Waals surface area (Å²) in [5.41, 5.74) is 0.365. The van der Waals surface area contributed by atoms with Crippen molar-refractivity contribution in [1.29, 1.82) is 0 Å². The second kappa shape index (κ2) is 5.72. The van der Waals surface area contributed by atoms with Crippen LogP contribution in [0.1, 0.15) is 38.7 Å². The topological polar surface area (TPSA) is 29.5 Å². The van der Waals surface area contributed by atoms with Gasteiger partial charge in [0.15, 0.2) is 0 Å². The minimum Gasteiger partial charge on any atom is -0.496 e. The van der Waals surface area contributed by atoms with Crippen LogP contribution in [0.5, 0.6) is 5.75 Å². The maximum Gasteiger partial charge on any atom is 0.122 e. The summed E-state index contributed by atoms with van der Waals surface area (Å²) in [6.45, 7) is 4.41. The molecule has 1 aromatic carbocycles. The summed E-state index contributed by atoms with van der Waals surface area (Å²) in [6, 6.07) is 5.60. The number of rotatable bonds is 3. The van der Waals surface area contributed by atoms with E-state index in [4.69, 9.17) is 16.3 Å². The lowest BCUT2D eigenvalue weighted by Gasteiger charge is -2.41. The highest BCUT2D eigenvalue weighted by Gasteiger charge is 2.38. The van der Waals surface area contributed by atoms with Crippen LogP contribution in [-0.2, 0) is 6.42 Å². The molecule has 0 aliphatic heterocycles. The van der Waals surface area contributed by atoms with Crippen molar-refractivity contribution in [3.05, 3.63) is 28.8 Å². The molecule has 3 heteroatoms. The van der Waals surface area contributed by atoms with Crippen LogP contribution < -0.4 is 4.74 Å². The monoisotopic (exact) mass is 282 g/mol. The lowest BCUT2D eigenvalue weighted by atomic mass is 9.70. The smallest absolute Gasteiger partial charge is 0.122 e. The minimum absolute atomic E-state index is 0.305. The van der Waals surface area contributed by atoms with Gasteiger partial charge in [-0.3, -0.25) is 0 Å². The Kier molecular flexibility index (Phi) is 4.42. The van der Waals surface area contributed by atoms with Crippen LogP contribution in [0.3, 0.4) is 0 Å². The molecule has 2 nitrogen and oxygen atoms in total. The summed E-state index contributed by atoms with van der Waals surface area (Å²) in [7, 11) is 1.66. The van der Waals surface area contributed by atoms with E-state index >= 15 is 0 Å². The molecule has 0 spiro atoms. The van der Waals surface area contributed by atoms with Crippen LogP contribution in [-0.4, -0.2) is 17.8 Å². The van der Waals surface area contributed by atoms with Gasteiger partial charge in [-0.25, -0.2) is 0 Å². The zero-order valence-corrected chi connectivity index (χ0v) is 12.7. The van der Waals surface area contributed by atoms with Crippen molar-refractivity contribution in [3.63, 3.8) is 0 Å². The molecule has 0 aromatic heterocycles. The normalized spacial score (nSPS) is 31.2. The number of benzene rings is 1. The molecule has 19 heavy (non-hydrogen) atoms. The maximum atomic E-state index is 10.9. The van der Waals surface area contributed by atoms with Crippen LogP contribution in [0.2, 0.25) is 5.02 Å². The summed E-state index contributed by atoms with van der Waals surface area (Å²) in [4.78, 5) is 0.